The van der Waals surface area contributed by atoms with Crippen molar-refractivity contribution in [2.24, 2.45) is 5.92 Å². The van der Waals surface area contributed by atoms with Crippen molar-refractivity contribution in [1.29, 1.82) is 0 Å². The third-order valence-electron chi connectivity index (χ3n) is 5.13. The van der Waals surface area contributed by atoms with E-state index >= 15 is 0 Å². The maximum Gasteiger partial charge on any atom is 0.417 e. The first-order chi connectivity index (χ1) is 12.1. The van der Waals surface area contributed by atoms with E-state index in [1.807, 2.05) is 0 Å². The van der Waals surface area contributed by atoms with Crippen LogP contribution in [0.4, 0.5) is 0 Å². The van der Waals surface area contributed by atoms with Crippen molar-refractivity contribution in [3.05, 3.63) is 35.9 Å². The number of benzene rings is 1. The minimum atomic E-state index is -1.52. The molecule has 2 rings (SSSR count). The average Bonchev–Trinajstić information content (AvgIpc) is 2.62. The van der Waals surface area contributed by atoms with Crippen LogP contribution in [-0.4, -0.2) is 41.6 Å². The third kappa shape index (κ3) is 6.86. The summed E-state index contributed by atoms with van der Waals surface area (Å²) in [4.78, 5) is 23.6. The van der Waals surface area contributed by atoms with Crippen LogP contribution in [0.1, 0.15) is 50.5 Å². The number of esters is 1. The second kappa shape index (κ2) is 10.2. The molecule has 5 heteroatoms. The van der Waals surface area contributed by atoms with Gasteiger partial charge in [-0.05, 0) is 57.1 Å². The smallest absolute Gasteiger partial charge is 0.417 e. The van der Waals surface area contributed by atoms with Gasteiger partial charge < -0.3 is 9.84 Å². The first-order valence-corrected chi connectivity index (χ1v) is 9.20. The number of carbonyl (C=O) groups excluding carboxylic acids is 1. The Balaban J connectivity index is 1.58. The summed E-state index contributed by atoms with van der Waals surface area (Å²) in [5.41, 5.74) is 1.36. The van der Waals surface area contributed by atoms with E-state index in [-0.39, 0.29) is 6.61 Å². The number of carboxylic acids is 1. The van der Waals surface area contributed by atoms with Crippen LogP contribution in [0.5, 0.6) is 0 Å². The van der Waals surface area contributed by atoms with Crippen LogP contribution in [0.15, 0.2) is 30.3 Å². The summed E-state index contributed by atoms with van der Waals surface area (Å²) >= 11 is 0. The van der Waals surface area contributed by atoms with Gasteiger partial charge in [0.05, 0.1) is 6.61 Å². The van der Waals surface area contributed by atoms with E-state index in [0.717, 1.165) is 31.7 Å². The quantitative estimate of drug-likeness (QED) is 0.443. The van der Waals surface area contributed by atoms with Gasteiger partial charge in [0.1, 0.15) is 0 Å². The molecule has 25 heavy (non-hydrogen) atoms. The highest BCUT2D eigenvalue weighted by Crippen LogP contribution is 2.30. The number of carbonyl (C=O) groups is 2. The molecule has 1 N–H and O–H groups in total. The van der Waals surface area contributed by atoms with Gasteiger partial charge in [-0.25, -0.2) is 9.59 Å². The number of nitrogens with zero attached hydrogens (tertiary/aromatic N) is 1. The van der Waals surface area contributed by atoms with Crippen LogP contribution in [0, 0.1) is 5.92 Å². The van der Waals surface area contributed by atoms with Gasteiger partial charge in [-0.2, -0.15) is 0 Å². The molecule has 0 unspecified atom stereocenters. The van der Waals surface area contributed by atoms with Crippen LogP contribution in [0.25, 0.3) is 0 Å². The van der Waals surface area contributed by atoms with Gasteiger partial charge in [0.15, 0.2) is 0 Å². The highest BCUT2D eigenvalue weighted by molar-refractivity contribution is 6.28. The first-order valence-electron chi connectivity index (χ1n) is 9.20. The summed E-state index contributed by atoms with van der Waals surface area (Å²) in [6.45, 7) is 1.21. The van der Waals surface area contributed by atoms with Gasteiger partial charge in [-0.3, -0.25) is 4.90 Å². The zero-order chi connectivity index (χ0) is 18.1. The highest BCUT2D eigenvalue weighted by Gasteiger charge is 2.23. The maximum absolute atomic E-state index is 10.8. The molecule has 0 spiro atoms. The van der Waals surface area contributed by atoms with Crippen molar-refractivity contribution in [2.45, 2.75) is 57.5 Å². The predicted molar refractivity (Wildman–Crippen MR) is 96.1 cm³/mol. The summed E-state index contributed by atoms with van der Waals surface area (Å²) in [7, 11) is 2.22. The van der Waals surface area contributed by atoms with Crippen LogP contribution >= 0.6 is 0 Å². The Bertz CT molecular complexity index is 538. The van der Waals surface area contributed by atoms with Crippen molar-refractivity contribution < 1.29 is 19.4 Å². The second-order valence-corrected chi connectivity index (χ2v) is 7.01. The monoisotopic (exact) mass is 347 g/mol. The van der Waals surface area contributed by atoms with Gasteiger partial charge in [0.25, 0.3) is 0 Å². The molecular weight excluding hydrogens is 318 g/mol. The Morgan fingerprint density at radius 2 is 1.80 bits per heavy atom. The Hall–Kier alpha value is -1.88. The first kappa shape index (κ1) is 19.4. The molecule has 1 saturated carbocycles. The van der Waals surface area contributed by atoms with Crippen LogP contribution in [-0.2, 0) is 20.9 Å². The van der Waals surface area contributed by atoms with Crippen molar-refractivity contribution in [3.8, 4) is 0 Å². The minimum Gasteiger partial charge on any atom is -0.473 e. The number of ether oxygens (including phenoxy) is 1. The van der Waals surface area contributed by atoms with E-state index in [2.05, 4.69) is 47.0 Å². The Morgan fingerprint density at radius 3 is 2.44 bits per heavy atom. The van der Waals surface area contributed by atoms with Crippen LogP contribution < -0.4 is 0 Å². The third-order valence-corrected chi connectivity index (χ3v) is 5.13. The van der Waals surface area contributed by atoms with E-state index in [1.54, 1.807) is 0 Å². The number of rotatable bonds is 8. The summed E-state index contributed by atoms with van der Waals surface area (Å²) in [5.74, 6) is -1.92. The lowest BCUT2D eigenvalue weighted by Crippen LogP contribution is -2.34. The van der Waals surface area contributed by atoms with Gasteiger partial charge >= 0.3 is 11.9 Å². The van der Waals surface area contributed by atoms with Crippen LogP contribution in [0.3, 0.4) is 0 Å². The summed E-state index contributed by atoms with van der Waals surface area (Å²) in [6, 6.07) is 11.3. The fourth-order valence-corrected chi connectivity index (χ4v) is 3.64. The number of carboxylic acid groups (broad SMARTS) is 1. The molecule has 0 amide bonds. The summed E-state index contributed by atoms with van der Waals surface area (Å²) in [6.07, 6.45) is 7.84. The van der Waals surface area contributed by atoms with Crippen molar-refractivity contribution in [3.63, 3.8) is 0 Å². The zero-order valence-electron chi connectivity index (χ0n) is 15.0. The lowest BCUT2D eigenvalue weighted by molar-refractivity contribution is -0.163. The lowest BCUT2D eigenvalue weighted by Gasteiger charge is -2.34. The van der Waals surface area contributed by atoms with E-state index < -0.39 is 11.9 Å². The topological polar surface area (TPSA) is 66.8 Å². The summed E-state index contributed by atoms with van der Waals surface area (Å²) in [5, 5.41) is 8.43. The fraction of sp³-hybridized carbons (Fsp3) is 0.600. The van der Waals surface area contributed by atoms with Crippen molar-refractivity contribution >= 4 is 11.9 Å². The molecule has 1 aliphatic carbocycles. The van der Waals surface area contributed by atoms with Gasteiger partial charge in [-0.1, -0.05) is 36.8 Å². The molecule has 1 aromatic carbocycles. The molecule has 5 nitrogen and oxygen atoms in total. The second-order valence-electron chi connectivity index (χ2n) is 7.01. The average molecular weight is 347 g/mol. The van der Waals surface area contributed by atoms with E-state index in [9.17, 15) is 9.59 Å². The molecule has 1 aliphatic rings. The van der Waals surface area contributed by atoms with Crippen molar-refractivity contribution in [2.75, 3.05) is 13.7 Å². The van der Waals surface area contributed by atoms with Gasteiger partial charge in [-0.15, -0.1) is 0 Å². The number of hydrogen-bond donors (Lipinski definition) is 1. The van der Waals surface area contributed by atoms with E-state index in [0.29, 0.717) is 6.04 Å². The molecule has 0 aromatic heterocycles. The SMILES string of the molecule is CN(Cc1ccccc1)C1CCC(CCCCOC(=O)C(=O)O)CC1. The standard InChI is InChI=1S/C20H29NO4/c1-21(15-17-8-3-2-4-9-17)18-12-10-16(11-13-18)7-5-6-14-25-20(24)19(22)23/h2-4,8-9,16,18H,5-7,10-15H2,1H3,(H,22,23). The Morgan fingerprint density at radius 1 is 1.12 bits per heavy atom. The number of aliphatic carboxylic acids is 1. The molecule has 0 bridgehead atoms. The molecule has 0 aliphatic heterocycles. The Kier molecular flexibility index (Phi) is 7.92. The highest BCUT2D eigenvalue weighted by atomic mass is 16.6. The molecular formula is C20H29NO4. The van der Waals surface area contributed by atoms with Gasteiger partial charge in [0.2, 0.25) is 0 Å². The molecule has 0 atom stereocenters. The molecule has 1 fully saturated rings. The number of hydrogen-bond acceptors (Lipinski definition) is 4. The van der Waals surface area contributed by atoms with Gasteiger partial charge in [0, 0.05) is 12.6 Å². The normalized spacial score (nSPS) is 20.4. The zero-order valence-corrected chi connectivity index (χ0v) is 15.0. The lowest BCUT2D eigenvalue weighted by atomic mass is 9.82. The van der Waals surface area contributed by atoms with E-state index in [4.69, 9.17) is 5.11 Å². The van der Waals surface area contributed by atoms with Crippen molar-refractivity contribution in [1.82, 2.24) is 4.90 Å². The molecule has 0 heterocycles. The van der Waals surface area contributed by atoms with E-state index in [1.165, 1.54) is 31.2 Å². The maximum atomic E-state index is 10.8. The summed E-state index contributed by atoms with van der Waals surface area (Å²) < 4.78 is 4.65. The molecule has 138 valence electrons. The molecule has 1 aromatic rings. The van der Waals surface area contributed by atoms with Crippen LogP contribution in [0.2, 0.25) is 0 Å². The number of unbranched alkanes of at least 4 members (excludes halogenated alkanes) is 1. The fourth-order valence-electron chi connectivity index (χ4n) is 3.64. The largest absolute Gasteiger partial charge is 0.473 e. The molecule has 0 radical (unpaired) electrons. The Labute approximate surface area is 150 Å². The predicted octanol–water partition coefficient (Wildman–Crippen LogP) is 3.48. The minimum absolute atomic E-state index is 0.209. The molecule has 0 saturated heterocycles.